The zero-order chi connectivity index (χ0) is 17.2. The smallest absolute Gasteiger partial charge is 0.351 e. The summed E-state index contributed by atoms with van der Waals surface area (Å²) in [6, 6.07) is 0.800. The molecular weight excluding hydrogens is 327 g/mol. The number of nitrogens with one attached hydrogen (secondary N) is 1. The van der Waals surface area contributed by atoms with Gasteiger partial charge in [-0.05, 0) is 6.07 Å². The third-order valence-electron chi connectivity index (χ3n) is 4.17. The Kier molecular flexibility index (Phi) is 4.75. The van der Waals surface area contributed by atoms with E-state index in [2.05, 4.69) is 15.2 Å². The number of pyridine rings is 1. The van der Waals surface area contributed by atoms with Gasteiger partial charge < -0.3 is 14.8 Å². The number of aromatic nitrogens is 1. The molecule has 6 nitrogen and oxygen atoms in total. The number of carbonyl (C=O) groups is 1. The molecule has 1 aromatic rings. The highest BCUT2D eigenvalue weighted by atomic mass is 19.4. The molecule has 2 saturated heterocycles. The van der Waals surface area contributed by atoms with Gasteiger partial charge in [0, 0.05) is 38.4 Å². The highest BCUT2D eigenvalue weighted by molar-refractivity contribution is 5.95. The molecule has 0 aliphatic carbocycles. The molecular formula is C15H18F3N3O3. The molecule has 2 fully saturated rings. The van der Waals surface area contributed by atoms with Crippen LogP contribution >= 0.6 is 0 Å². The number of hydrogen-bond acceptors (Lipinski definition) is 5. The summed E-state index contributed by atoms with van der Waals surface area (Å²) < 4.78 is 49.9. The second-order valence-corrected chi connectivity index (χ2v) is 5.81. The minimum atomic E-state index is -4.59. The molecule has 1 spiro atoms. The van der Waals surface area contributed by atoms with Gasteiger partial charge >= 0.3 is 6.18 Å². The molecule has 0 bridgehead atoms. The molecule has 2 aliphatic rings. The van der Waals surface area contributed by atoms with Crippen molar-refractivity contribution in [3.05, 3.63) is 29.6 Å². The van der Waals surface area contributed by atoms with E-state index in [1.807, 2.05) is 0 Å². The molecule has 0 atom stereocenters. The van der Waals surface area contributed by atoms with E-state index >= 15 is 0 Å². The number of amides is 1. The average Bonchev–Trinajstić information content (AvgIpc) is 3.17. The number of hydrogen-bond donors (Lipinski definition) is 1. The van der Waals surface area contributed by atoms with Crippen LogP contribution in [0.25, 0.3) is 0 Å². The Labute approximate surface area is 136 Å². The topological polar surface area (TPSA) is 63.7 Å². The van der Waals surface area contributed by atoms with E-state index in [9.17, 15) is 18.0 Å². The standard InChI is InChI=1S/C15H18F3N3O3/c16-15(17,18)12-1-3-19-9-11(12)13(22)20-4-6-21-5-2-14(10-21)23-7-8-24-14/h1,3,9H,2,4-8,10H2,(H,20,22). The van der Waals surface area contributed by atoms with Crippen LogP contribution in [0, 0.1) is 0 Å². The fourth-order valence-electron chi connectivity index (χ4n) is 3.00. The lowest BCUT2D eigenvalue weighted by Gasteiger charge is -2.22. The largest absolute Gasteiger partial charge is 0.417 e. The maximum absolute atomic E-state index is 12.9. The average molecular weight is 345 g/mol. The molecule has 3 heterocycles. The van der Waals surface area contributed by atoms with Crippen LogP contribution in [0.15, 0.2) is 18.5 Å². The van der Waals surface area contributed by atoms with E-state index in [0.717, 1.165) is 31.4 Å². The van der Waals surface area contributed by atoms with Gasteiger partial charge in [0.05, 0.1) is 30.9 Å². The maximum atomic E-state index is 12.9. The molecule has 132 valence electrons. The lowest BCUT2D eigenvalue weighted by Crippen LogP contribution is -2.38. The summed E-state index contributed by atoms with van der Waals surface area (Å²) in [5.41, 5.74) is -1.45. The van der Waals surface area contributed by atoms with Crippen LogP contribution in [0.3, 0.4) is 0 Å². The first-order chi connectivity index (χ1) is 11.4. The van der Waals surface area contributed by atoms with Gasteiger partial charge in [0.15, 0.2) is 5.79 Å². The second-order valence-electron chi connectivity index (χ2n) is 5.81. The lowest BCUT2D eigenvalue weighted by atomic mass is 10.1. The summed E-state index contributed by atoms with van der Waals surface area (Å²) >= 11 is 0. The molecule has 24 heavy (non-hydrogen) atoms. The van der Waals surface area contributed by atoms with Crippen LogP contribution < -0.4 is 5.32 Å². The molecule has 1 N–H and O–H groups in total. The van der Waals surface area contributed by atoms with Crippen molar-refractivity contribution in [1.82, 2.24) is 15.2 Å². The zero-order valence-electron chi connectivity index (χ0n) is 12.9. The van der Waals surface area contributed by atoms with Gasteiger partial charge in [0.1, 0.15) is 0 Å². The first-order valence-electron chi connectivity index (χ1n) is 7.69. The van der Waals surface area contributed by atoms with Crippen molar-refractivity contribution in [3.8, 4) is 0 Å². The second kappa shape index (κ2) is 6.66. The van der Waals surface area contributed by atoms with Gasteiger partial charge in [-0.2, -0.15) is 13.2 Å². The highest BCUT2D eigenvalue weighted by Gasteiger charge is 2.43. The van der Waals surface area contributed by atoms with Gasteiger partial charge in [-0.15, -0.1) is 0 Å². The summed E-state index contributed by atoms with van der Waals surface area (Å²) in [6.07, 6.45) is -1.88. The lowest BCUT2D eigenvalue weighted by molar-refractivity contribution is -0.145. The Bertz CT molecular complexity index is 603. The molecule has 1 amide bonds. The normalized spacial score (nSPS) is 20.6. The molecule has 0 unspecified atom stereocenters. The summed E-state index contributed by atoms with van der Waals surface area (Å²) in [4.78, 5) is 17.7. The van der Waals surface area contributed by atoms with E-state index in [4.69, 9.17) is 9.47 Å². The molecule has 0 aromatic carbocycles. The number of ether oxygens (including phenoxy) is 2. The third-order valence-corrected chi connectivity index (χ3v) is 4.17. The molecule has 0 saturated carbocycles. The first kappa shape index (κ1) is 17.1. The Balaban J connectivity index is 1.52. The monoisotopic (exact) mass is 345 g/mol. The van der Waals surface area contributed by atoms with Crippen LogP contribution in [0.1, 0.15) is 22.3 Å². The van der Waals surface area contributed by atoms with Crippen LogP contribution in [0.2, 0.25) is 0 Å². The van der Waals surface area contributed by atoms with Crippen molar-refractivity contribution in [2.75, 3.05) is 39.4 Å². The Morgan fingerprint density at radius 3 is 2.83 bits per heavy atom. The van der Waals surface area contributed by atoms with Crippen molar-refractivity contribution >= 4 is 5.91 Å². The molecule has 2 aliphatic heterocycles. The molecule has 0 radical (unpaired) electrons. The van der Waals surface area contributed by atoms with Crippen molar-refractivity contribution in [3.63, 3.8) is 0 Å². The number of carbonyl (C=O) groups excluding carboxylic acids is 1. The van der Waals surface area contributed by atoms with E-state index in [1.165, 1.54) is 0 Å². The summed E-state index contributed by atoms with van der Waals surface area (Å²) in [6.45, 7) is 3.26. The Morgan fingerprint density at radius 1 is 1.38 bits per heavy atom. The van der Waals surface area contributed by atoms with E-state index in [-0.39, 0.29) is 6.54 Å². The molecule has 3 rings (SSSR count). The zero-order valence-corrected chi connectivity index (χ0v) is 12.9. The van der Waals surface area contributed by atoms with Crippen molar-refractivity contribution in [2.45, 2.75) is 18.4 Å². The predicted molar refractivity (Wildman–Crippen MR) is 77.3 cm³/mol. The van der Waals surface area contributed by atoms with Crippen LogP contribution in [0.4, 0.5) is 13.2 Å². The Hall–Kier alpha value is -1.71. The van der Waals surface area contributed by atoms with E-state index in [1.54, 1.807) is 0 Å². The van der Waals surface area contributed by atoms with E-state index in [0.29, 0.717) is 26.3 Å². The minimum Gasteiger partial charge on any atom is -0.351 e. The van der Waals surface area contributed by atoms with E-state index < -0.39 is 29.0 Å². The van der Waals surface area contributed by atoms with Gasteiger partial charge in [0.2, 0.25) is 0 Å². The summed E-state index contributed by atoms with van der Waals surface area (Å²) in [7, 11) is 0. The molecule has 9 heteroatoms. The Morgan fingerprint density at radius 2 is 2.12 bits per heavy atom. The minimum absolute atomic E-state index is 0.237. The predicted octanol–water partition coefficient (Wildman–Crippen LogP) is 1.28. The third kappa shape index (κ3) is 3.68. The number of alkyl halides is 3. The van der Waals surface area contributed by atoms with Crippen molar-refractivity contribution in [2.24, 2.45) is 0 Å². The highest BCUT2D eigenvalue weighted by Crippen LogP contribution is 2.31. The SMILES string of the molecule is O=C(NCCN1CCC2(C1)OCCO2)c1cnccc1C(F)(F)F. The van der Waals surface area contributed by atoms with Crippen molar-refractivity contribution < 1.29 is 27.4 Å². The van der Waals surface area contributed by atoms with Crippen LogP contribution in [-0.2, 0) is 15.7 Å². The van der Waals surface area contributed by atoms with Gasteiger partial charge in [-0.25, -0.2) is 0 Å². The summed E-state index contributed by atoms with van der Waals surface area (Å²) in [5.74, 6) is -1.32. The number of rotatable bonds is 4. The quantitative estimate of drug-likeness (QED) is 0.891. The van der Waals surface area contributed by atoms with Crippen LogP contribution in [-0.4, -0.2) is 61.0 Å². The summed E-state index contributed by atoms with van der Waals surface area (Å²) in [5, 5.41) is 2.52. The van der Waals surface area contributed by atoms with Gasteiger partial charge in [-0.1, -0.05) is 0 Å². The maximum Gasteiger partial charge on any atom is 0.417 e. The molecule has 1 aromatic heterocycles. The van der Waals surface area contributed by atoms with Gasteiger partial charge in [-0.3, -0.25) is 14.7 Å². The van der Waals surface area contributed by atoms with Gasteiger partial charge in [0.25, 0.3) is 5.91 Å². The first-order valence-corrected chi connectivity index (χ1v) is 7.69. The number of nitrogens with zero attached hydrogens (tertiary/aromatic N) is 2. The van der Waals surface area contributed by atoms with Crippen LogP contribution in [0.5, 0.6) is 0 Å². The number of likely N-dealkylation sites (tertiary alicyclic amines) is 1. The van der Waals surface area contributed by atoms with Crippen molar-refractivity contribution in [1.29, 1.82) is 0 Å². The number of halogens is 3. The fourth-order valence-corrected chi connectivity index (χ4v) is 3.00. The fraction of sp³-hybridized carbons (Fsp3) is 0.600.